The van der Waals surface area contributed by atoms with Gasteiger partial charge in [0.1, 0.15) is 17.9 Å². The minimum Gasteiger partial charge on any atom is -0.503 e. The van der Waals surface area contributed by atoms with Crippen molar-refractivity contribution in [3.63, 3.8) is 0 Å². The number of ether oxygens (including phenoxy) is 3. The number of esters is 1. The Morgan fingerprint density at radius 3 is 2.65 bits per heavy atom. The van der Waals surface area contributed by atoms with Gasteiger partial charge >= 0.3 is 12.1 Å². The molecule has 0 aliphatic carbocycles. The first-order valence-electron chi connectivity index (χ1n) is 7.74. The predicted molar refractivity (Wildman–Crippen MR) is 89.0 cm³/mol. The molecular formula is C18H18F3NO4. The Balaban J connectivity index is 2.21. The summed E-state index contributed by atoms with van der Waals surface area (Å²) in [7, 11) is 2.64. The number of alkyl halides is 3. The van der Waals surface area contributed by atoms with Gasteiger partial charge in [-0.25, -0.2) is 9.79 Å². The minimum atomic E-state index is -4.51. The number of rotatable bonds is 5. The molecule has 0 radical (unpaired) electrons. The third-order valence-corrected chi connectivity index (χ3v) is 3.57. The molecule has 1 heterocycles. The van der Waals surface area contributed by atoms with Crippen molar-refractivity contribution in [1.82, 2.24) is 0 Å². The minimum absolute atomic E-state index is 0.00460. The average Bonchev–Trinajstić information content (AvgIpc) is 2.64. The number of hydrogen-bond acceptors (Lipinski definition) is 5. The molecule has 1 aromatic carbocycles. The molecule has 0 amide bonds. The van der Waals surface area contributed by atoms with E-state index in [0.29, 0.717) is 11.1 Å². The lowest BCUT2D eigenvalue weighted by Crippen LogP contribution is -2.17. The highest BCUT2D eigenvalue weighted by Gasteiger charge is 2.35. The number of hydrogen-bond donors (Lipinski definition) is 0. The summed E-state index contributed by atoms with van der Waals surface area (Å²) in [4.78, 5) is 15.5. The molecule has 0 unspecified atom stereocenters. The first-order valence-corrected chi connectivity index (χ1v) is 7.74. The van der Waals surface area contributed by atoms with Crippen molar-refractivity contribution >= 4 is 17.4 Å². The van der Waals surface area contributed by atoms with Crippen LogP contribution in [0.25, 0.3) is 5.57 Å². The van der Waals surface area contributed by atoms with Crippen molar-refractivity contribution in [2.24, 2.45) is 4.99 Å². The van der Waals surface area contributed by atoms with E-state index in [2.05, 4.69) is 4.99 Å². The summed E-state index contributed by atoms with van der Waals surface area (Å²) >= 11 is 0. The molecule has 0 N–H and O–H groups in total. The van der Waals surface area contributed by atoms with Crippen molar-refractivity contribution in [2.45, 2.75) is 25.6 Å². The number of carbonyl (C=O) groups excluding carboxylic acids is 1. The first kappa shape index (κ1) is 19.6. The highest BCUT2D eigenvalue weighted by Crippen LogP contribution is 2.30. The maximum Gasteiger partial charge on any atom is 0.433 e. The molecule has 0 atom stereocenters. The Morgan fingerprint density at radius 1 is 1.27 bits per heavy atom. The third-order valence-electron chi connectivity index (χ3n) is 3.57. The van der Waals surface area contributed by atoms with Crippen LogP contribution in [0.15, 0.2) is 47.3 Å². The van der Waals surface area contributed by atoms with E-state index < -0.39 is 17.8 Å². The predicted octanol–water partition coefficient (Wildman–Crippen LogP) is 4.00. The molecule has 8 heteroatoms. The van der Waals surface area contributed by atoms with Crippen LogP contribution in [0.5, 0.6) is 0 Å². The summed E-state index contributed by atoms with van der Waals surface area (Å²) in [6.45, 7) is -0.0435. The lowest BCUT2D eigenvalue weighted by Gasteiger charge is -2.17. The fraction of sp³-hybridized carbons (Fsp3) is 0.333. The summed E-state index contributed by atoms with van der Waals surface area (Å²) in [5, 5.41) is 0. The third kappa shape index (κ3) is 4.87. The van der Waals surface area contributed by atoms with Gasteiger partial charge in [0.25, 0.3) is 0 Å². The molecule has 5 nitrogen and oxygen atoms in total. The van der Waals surface area contributed by atoms with Gasteiger partial charge in [0.2, 0.25) is 0 Å². The molecule has 0 saturated heterocycles. The zero-order chi connectivity index (χ0) is 19.2. The van der Waals surface area contributed by atoms with Crippen molar-refractivity contribution in [3.05, 3.63) is 53.4 Å². The Kier molecular flexibility index (Phi) is 6.43. The number of carbonyl (C=O) groups is 1. The number of allylic oxidation sites excluding steroid dienone is 2. The van der Waals surface area contributed by atoms with Gasteiger partial charge in [0.05, 0.1) is 20.5 Å². The van der Waals surface area contributed by atoms with E-state index in [4.69, 9.17) is 14.2 Å². The summed E-state index contributed by atoms with van der Waals surface area (Å²) in [6, 6.07) is 6.82. The average molecular weight is 369 g/mol. The fourth-order valence-corrected chi connectivity index (χ4v) is 2.37. The van der Waals surface area contributed by atoms with Gasteiger partial charge in [0.15, 0.2) is 5.90 Å². The van der Waals surface area contributed by atoms with E-state index in [9.17, 15) is 18.0 Å². The van der Waals surface area contributed by atoms with E-state index in [1.165, 1.54) is 20.5 Å². The van der Waals surface area contributed by atoms with Gasteiger partial charge in [0, 0.05) is 6.42 Å². The van der Waals surface area contributed by atoms with Gasteiger partial charge in [-0.2, -0.15) is 13.2 Å². The van der Waals surface area contributed by atoms with Gasteiger partial charge in [-0.15, -0.1) is 0 Å². The number of halogens is 3. The van der Waals surface area contributed by atoms with Crippen molar-refractivity contribution in [2.75, 3.05) is 14.2 Å². The zero-order valence-corrected chi connectivity index (χ0v) is 14.3. The van der Waals surface area contributed by atoms with Crippen LogP contribution in [-0.4, -0.2) is 32.3 Å². The molecule has 26 heavy (non-hydrogen) atoms. The SMILES string of the molecule is COC=C(C(=O)OC)c1ccccc1COC1=NC(C(F)(F)F)=CCC1. The molecule has 0 saturated carbocycles. The van der Waals surface area contributed by atoms with Gasteiger partial charge in [-0.3, -0.25) is 0 Å². The second-order valence-corrected chi connectivity index (χ2v) is 5.34. The molecule has 1 aliphatic heterocycles. The van der Waals surface area contributed by atoms with Crippen molar-refractivity contribution < 1.29 is 32.2 Å². The maximum atomic E-state index is 12.8. The van der Waals surface area contributed by atoms with Crippen LogP contribution in [0.1, 0.15) is 24.0 Å². The molecule has 0 fully saturated rings. The van der Waals surface area contributed by atoms with Crippen LogP contribution < -0.4 is 0 Å². The van der Waals surface area contributed by atoms with Crippen LogP contribution in [0, 0.1) is 0 Å². The smallest absolute Gasteiger partial charge is 0.433 e. The van der Waals surface area contributed by atoms with Crippen LogP contribution >= 0.6 is 0 Å². The number of benzene rings is 1. The van der Waals surface area contributed by atoms with E-state index in [1.54, 1.807) is 24.3 Å². The van der Waals surface area contributed by atoms with E-state index >= 15 is 0 Å². The molecule has 0 bridgehead atoms. The summed E-state index contributed by atoms with van der Waals surface area (Å²) in [5.41, 5.74) is 0.313. The lowest BCUT2D eigenvalue weighted by molar-refractivity contribution is -0.133. The second kappa shape index (κ2) is 8.55. The van der Waals surface area contributed by atoms with E-state index in [-0.39, 0.29) is 30.9 Å². The Labute approximate surface area is 148 Å². The van der Waals surface area contributed by atoms with Gasteiger partial charge < -0.3 is 14.2 Å². The van der Waals surface area contributed by atoms with Crippen molar-refractivity contribution in [1.29, 1.82) is 0 Å². The molecule has 1 aliphatic rings. The monoisotopic (exact) mass is 369 g/mol. The van der Waals surface area contributed by atoms with Gasteiger partial charge in [-0.05, 0) is 17.5 Å². The fourth-order valence-electron chi connectivity index (χ4n) is 2.37. The Morgan fingerprint density at radius 2 is 2.00 bits per heavy atom. The summed E-state index contributed by atoms with van der Waals surface area (Å²) in [6.07, 6.45) is -1.75. The molecule has 2 rings (SSSR count). The molecule has 1 aromatic rings. The quantitative estimate of drug-likeness (QED) is 0.447. The van der Waals surface area contributed by atoms with Crippen LogP contribution in [0.3, 0.4) is 0 Å². The Bertz CT molecular complexity index is 751. The van der Waals surface area contributed by atoms with Gasteiger partial charge in [-0.1, -0.05) is 30.3 Å². The summed E-state index contributed by atoms with van der Waals surface area (Å²) in [5.74, 6) is -0.596. The Hall–Kier alpha value is -2.77. The lowest BCUT2D eigenvalue weighted by atomic mass is 10.0. The van der Waals surface area contributed by atoms with Crippen LogP contribution in [0.2, 0.25) is 0 Å². The van der Waals surface area contributed by atoms with E-state index in [1.807, 2.05) is 0 Å². The number of aliphatic imine (C=N–C) groups is 1. The molecule has 0 spiro atoms. The van der Waals surface area contributed by atoms with Crippen molar-refractivity contribution in [3.8, 4) is 0 Å². The standard InChI is InChI=1S/C18H18F3NO4/c1-24-11-14(17(23)25-2)13-7-4-3-6-12(13)10-26-16-9-5-8-15(22-16)18(19,20)21/h3-4,6-8,11H,5,9-10H2,1-2H3. The highest BCUT2D eigenvalue weighted by atomic mass is 19.4. The van der Waals surface area contributed by atoms with Crippen LogP contribution in [0.4, 0.5) is 13.2 Å². The number of methoxy groups -OCH3 is 2. The largest absolute Gasteiger partial charge is 0.503 e. The van der Waals surface area contributed by atoms with E-state index in [0.717, 1.165) is 6.08 Å². The molecule has 0 aromatic heterocycles. The summed E-state index contributed by atoms with van der Waals surface area (Å²) < 4.78 is 53.4. The first-order chi connectivity index (χ1) is 12.4. The molecular weight excluding hydrogens is 351 g/mol. The van der Waals surface area contributed by atoms with Crippen LogP contribution in [-0.2, 0) is 25.6 Å². The number of nitrogens with zero attached hydrogens (tertiary/aromatic N) is 1. The highest BCUT2D eigenvalue weighted by molar-refractivity contribution is 6.16. The zero-order valence-electron chi connectivity index (χ0n) is 14.3. The second-order valence-electron chi connectivity index (χ2n) is 5.34. The normalized spacial score (nSPS) is 15.0. The molecule has 140 valence electrons. The topological polar surface area (TPSA) is 57.1 Å². The maximum absolute atomic E-state index is 12.8.